The van der Waals surface area contributed by atoms with Crippen LogP contribution in [0, 0.1) is 11.3 Å². The Bertz CT molecular complexity index is 730. The van der Waals surface area contributed by atoms with Gasteiger partial charge in [-0.1, -0.05) is 31.4 Å². The summed E-state index contributed by atoms with van der Waals surface area (Å²) in [6.07, 6.45) is 5.37. The van der Waals surface area contributed by atoms with E-state index in [-0.39, 0.29) is 6.04 Å². The van der Waals surface area contributed by atoms with E-state index in [0.29, 0.717) is 31.7 Å². The van der Waals surface area contributed by atoms with Crippen LogP contribution in [0.15, 0.2) is 24.3 Å². The summed E-state index contributed by atoms with van der Waals surface area (Å²) in [6, 6.07) is 9.84. The second kappa shape index (κ2) is 7.73. The molecule has 0 bridgehead atoms. The first-order chi connectivity index (χ1) is 12.0. The minimum atomic E-state index is -3.41. The van der Waals surface area contributed by atoms with Crippen molar-refractivity contribution in [2.24, 2.45) is 0 Å². The van der Waals surface area contributed by atoms with Crippen molar-refractivity contribution in [2.75, 3.05) is 38.1 Å². The maximum absolute atomic E-state index is 12.9. The number of anilines is 1. The van der Waals surface area contributed by atoms with Gasteiger partial charge in [-0.05, 0) is 25.0 Å². The van der Waals surface area contributed by atoms with Crippen LogP contribution in [0.25, 0.3) is 0 Å². The van der Waals surface area contributed by atoms with Gasteiger partial charge in [-0.25, -0.2) is 0 Å². The zero-order valence-corrected chi connectivity index (χ0v) is 15.6. The van der Waals surface area contributed by atoms with Crippen LogP contribution in [0.2, 0.25) is 0 Å². The summed E-state index contributed by atoms with van der Waals surface area (Å²) < 4.78 is 29.0. The van der Waals surface area contributed by atoms with Gasteiger partial charge in [0.25, 0.3) is 10.2 Å². The SMILES string of the molecule is CN(C1CCCCC1)S(=O)(=O)N1CCN(c2ccccc2C#N)CC1. The first-order valence-corrected chi connectivity index (χ1v) is 10.4. The maximum Gasteiger partial charge on any atom is 0.282 e. The highest BCUT2D eigenvalue weighted by atomic mass is 32.2. The van der Waals surface area contributed by atoms with Crippen molar-refractivity contribution in [3.05, 3.63) is 29.8 Å². The van der Waals surface area contributed by atoms with Crippen molar-refractivity contribution < 1.29 is 8.42 Å². The topological polar surface area (TPSA) is 67.7 Å². The third-order valence-corrected chi connectivity index (χ3v) is 7.43. The molecule has 2 fully saturated rings. The predicted molar refractivity (Wildman–Crippen MR) is 98.5 cm³/mol. The number of hydrogen-bond donors (Lipinski definition) is 0. The van der Waals surface area contributed by atoms with Gasteiger partial charge in [0, 0.05) is 39.3 Å². The van der Waals surface area contributed by atoms with Gasteiger partial charge in [-0.3, -0.25) is 0 Å². The smallest absolute Gasteiger partial charge is 0.282 e. The Kier molecular flexibility index (Phi) is 5.62. The third kappa shape index (κ3) is 3.81. The standard InChI is InChI=1S/C18H26N4O2S/c1-20(17-8-3-2-4-9-17)25(23,24)22-13-11-21(12-14-22)18-10-6-5-7-16(18)15-19/h5-7,10,17H,2-4,8-9,11-14H2,1H3. The van der Waals surface area contributed by atoms with Gasteiger partial charge in [-0.15, -0.1) is 0 Å². The van der Waals surface area contributed by atoms with E-state index in [0.717, 1.165) is 31.4 Å². The van der Waals surface area contributed by atoms with Crippen LogP contribution in [0.3, 0.4) is 0 Å². The molecule has 1 saturated heterocycles. The predicted octanol–water partition coefficient (Wildman–Crippen LogP) is 2.19. The first kappa shape index (κ1) is 18.2. The molecule has 0 spiro atoms. The highest BCUT2D eigenvalue weighted by Crippen LogP contribution is 2.26. The molecule has 0 radical (unpaired) electrons. The molecule has 2 aliphatic rings. The maximum atomic E-state index is 12.9. The van der Waals surface area contributed by atoms with Gasteiger partial charge in [-0.2, -0.15) is 22.3 Å². The lowest BCUT2D eigenvalue weighted by molar-refractivity contribution is 0.259. The lowest BCUT2D eigenvalue weighted by Gasteiger charge is -2.39. The van der Waals surface area contributed by atoms with Crippen molar-refractivity contribution in [1.29, 1.82) is 5.26 Å². The molecule has 1 heterocycles. The number of nitriles is 1. The van der Waals surface area contributed by atoms with Gasteiger partial charge in [0.2, 0.25) is 0 Å². The van der Waals surface area contributed by atoms with Crippen molar-refractivity contribution in [3.63, 3.8) is 0 Å². The number of nitrogens with zero attached hydrogens (tertiary/aromatic N) is 4. The lowest BCUT2D eigenvalue weighted by Crippen LogP contribution is -2.54. The van der Waals surface area contributed by atoms with Crippen LogP contribution < -0.4 is 4.90 Å². The third-order valence-electron chi connectivity index (χ3n) is 5.38. The van der Waals surface area contributed by atoms with Crippen LogP contribution >= 0.6 is 0 Å². The molecule has 1 aliphatic carbocycles. The van der Waals surface area contributed by atoms with Gasteiger partial charge in [0.05, 0.1) is 11.3 Å². The van der Waals surface area contributed by atoms with E-state index in [9.17, 15) is 13.7 Å². The average molecular weight is 362 g/mol. The van der Waals surface area contributed by atoms with Gasteiger partial charge in [0.1, 0.15) is 6.07 Å². The summed E-state index contributed by atoms with van der Waals surface area (Å²) in [5, 5.41) is 9.26. The Morgan fingerprint density at radius 2 is 1.72 bits per heavy atom. The number of rotatable bonds is 4. The molecular weight excluding hydrogens is 336 g/mol. The summed E-state index contributed by atoms with van der Waals surface area (Å²) in [6.45, 7) is 2.13. The van der Waals surface area contributed by atoms with Crippen molar-refractivity contribution >= 4 is 15.9 Å². The minimum Gasteiger partial charge on any atom is -0.368 e. The fourth-order valence-electron chi connectivity index (χ4n) is 3.82. The van der Waals surface area contributed by atoms with E-state index in [1.54, 1.807) is 21.7 Å². The van der Waals surface area contributed by atoms with E-state index in [1.807, 2.05) is 18.2 Å². The summed E-state index contributed by atoms with van der Waals surface area (Å²) >= 11 is 0. The van der Waals surface area contributed by atoms with Crippen molar-refractivity contribution in [3.8, 4) is 6.07 Å². The highest BCUT2D eigenvalue weighted by molar-refractivity contribution is 7.86. The second-order valence-electron chi connectivity index (χ2n) is 6.83. The zero-order valence-electron chi connectivity index (χ0n) is 14.8. The fourth-order valence-corrected chi connectivity index (χ4v) is 5.40. The van der Waals surface area contributed by atoms with E-state index in [1.165, 1.54) is 6.42 Å². The molecule has 1 aromatic carbocycles. The monoisotopic (exact) mass is 362 g/mol. The largest absolute Gasteiger partial charge is 0.368 e. The Hall–Kier alpha value is -1.62. The summed E-state index contributed by atoms with van der Waals surface area (Å²) in [5.74, 6) is 0. The molecule has 6 nitrogen and oxygen atoms in total. The van der Waals surface area contributed by atoms with Gasteiger partial charge >= 0.3 is 0 Å². The molecule has 0 aromatic heterocycles. The van der Waals surface area contributed by atoms with E-state index in [4.69, 9.17) is 0 Å². The first-order valence-electron chi connectivity index (χ1n) is 9.01. The molecule has 1 aromatic rings. The average Bonchev–Trinajstić information content (AvgIpc) is 2.68. The van der Waals surface area contributed by atoms with E-state index >= 15 is 0 Å². The molecule has 0 atom stereocenters. The summed E-state index contributed by atoms with van der Waals surface area (Å²) in [7, 11) is -1.68. The fraction of sp³-hybridized carbons (Fsp3) is 0.611. The highest BCUT2D eigenvalue weighted by Gasteiger charge is 2.34. The zero-order chi connectivity index (χ0) is 17.9. The number of para-hydroxylation sites is 1. The molecule has 0 unspecified atom stereocenters. The molecular formula is C18H26N4O2S. The number of hydrogen-bond acceptors (Lipinski definition) is 4. The quantitative estimate of drug-likeness (QED) is 0.823. The Morgan fingerprint density at radius 3 is 2.36 bits per heavy atom. The molecule has 1 aliphatic heterocycles. The van der Waals surface area contributed by atoms with Crippen LogP contribution in [-0.2, 0) is 10.2 Å². The molecule has 1 saturated carbocycles. The normalized spacial score (nSPS) is 20.6. The molecule has 136 valence electrons. The molecule has 0 N–H and O–H groups in total. The van der Waals surface area contributed by atoms with Crippen LogP contribution in [-0.4, -0.2) is 56.3 Å². The number of piperazine rings is 1. The Labute approximate surface area is 150 Å². The van der Waals surface area contributed by atoms with Crippen molar-refractivity contribution in [1.82, 2.24) is 8.61 Å². The van der Waals surface area contributed by atoms with E-state index < -0.39 is 10.2 Å². The molecule has 7 heteroatoms. The molecule has 0 amide bonds. The Morgan fingerprint density at radius 1 is 1.08 bits per heavy atom. The van der Waals surface area contributed by atoms with Gasteiger partial charge < -0.3 is 4.90 Å². The summed E-state index contributed by atoms with van der Waals surface area (Å²) in [4.78, 5) is 2.10. The minimum absolute atomic E-state index is 0.135. The second-order valence-corrected chi connectivity index (χ2v) is 8.82. The molecule has 3 rings (SSSR count). The lowest BCUT2D eigenvalue weighted by atomic mass is 9.96. The van der Waals surface area contributed by atoms with Gasteiger partial charge in [0.15, 0.2) is 0 Å². The molecule has 25 heavy (non-hydrogen) atoms. The number of benzene rings is 1. The summed E-state index contributed by atoms with van der Waals surface area (Å²) in [5.41, 5.74) is 1.53. The Balaban J connectivity index is 1.66. The van der Waals surface area contributed by atoms with E-state index in [2.05, 4.69) is 11.0 Å². The van der Waals surface area contributed by atoms with Crippen molar-refractivity contribution in [2.45, 2.75) is 38.1 Å². The van der Waals surface area contributed by atoms with Crippen LogP contribution in [0.5, 0.6) is 0 Å². The van der Waals surface area contributed by atoms with Crippen LogP contribution in [0.1, 0.15) is 37.7 Å². The van der Waals surface area contributed by atoms with Crippen LogP contribution in [0.4, 0.5) is 5.69 Å².